The molecule has 8 nitrogen and oxygen atoms in total. The maximum absolute atomic E-state index is 12.4. The molecule has 0 heterocycles. The summed E-state index contributed by atoms with van der Waals surface area (Å²) in [4.78, 5) is 47.1. The molecule has 0 saturated carbocycles. The fourth-order valence-electron chi connectivity index (χ4n) is 2.30. The van der Waals surface area contributed by atoms with Crippen molar-refractivity contribution in [2.45, 2.75) is 13.8 Å². The van der Waals surface area contributed by atoms with E-state index in [1.165, 1.54) is 40.2 Å². The molecule has 0 N–H and O–H groups in total. The van der Waals surface area contributed by atoms with Crippen molar-refractivity contribution in [2.24, 2.45) is 0 Å². The van der Waals surface area contributed by atoms with E-state index in [0.717, 1.165) is 12.2 Å². The number of hydrogen-bond acceptors (Lipinski definition) is 8. The van der Waals surface area contributed by atoms with Gasteiger partial charge in [-0.15, -0.1) is 0 Å². The van der Waals surface area contributed by atoms with E-state index in [9.17, 15) is 19.2 Å². The fraction of sp³-hybridized carbons (Fsp3) is 0.222. The quantitative estimate of drug-likeness (QED) is 0.443. The maximum atomic E-state index is 12.4. The third-order valence-corrected chi connectivity index (χ3v) is 3.33. The third kappa shape index (κ3) is 3.97. The fourth-order valence-corrected chi connectivity index (χ4v) is 2.30. The van der Waals surface area contributed by atoms with Gasteiger partial charge in [0.25, 0.3) is 0 Å². The first-order valence-electron chi connectivity index (χ1n) is 7.42. The average molecular weight is 360 g/mol. The zero-order valence-electron chi connectivity index (χ0n) is 14.6. The summed E-state index contributed by atoms with van der Waals surface area (Å²) in [7, 11) is 2.61. The van der Waals surface area contributed by atoms with Crippen LogP contribution >= 0.6 is 0 Å². The van der Waals surface area contributed by atoms with Gasteiger partial charge in [-0.3, -0.25) is 19.2 Å². The monoisotopic (exact) mass is 360 g/mol. The van der Waals surface area contributed by atoms with E-state index in [1.807, 2.05) is 0 Å². The molecule has 0 unspecified atom stereocenters. The lowest BCUT2D eigenvalue weighted by Crippen LogP contribution is -2.15. The zero-order valence-corrected chi connectivity index (χ0v) is 14.6. The highest BCUT2D eigenvalue weighted by Gasteiger charge is 2.26. The molecule has 0 amide bonds. The zero-order chi connectivity index (χ0) is 19.4. The molecule has 0 fully saturated rings. The summed E-state index contributed by atoms with van der Waals surface area (Å²) >= 11 is 0. The van der Waals surface area contributed by atoms with Gasteiger partial charge in [0.15, 0.2) is 23.0 Å². The van der Waals surface area contributed by atoms with Gasteiger partial charge in [0.2, 0.25) is 5.78 Å². The van der Waals surface area contributed by atoms with Gasteiger partial charge >= 0.3 is 11.9 Å². The molecule has 1 aromatic rings. The van der Waals surface area contributed by atoms with Gasteiger partial charge in [0, 0.05) is 43.2 Å². The van der Waals surface area contributed by atoms with E-state index >= 15 is 0 Å². The van der Waals surface area contributed by atoms with Crippen molar-refractivity contribution in [2.75, 3.05) is 14.2 Å². The predicted octanol–water partition coefficient (Wildman–Crippen LogP) is 1.61. The number of ketones is 2. The molecule has 1 aliphatic carbocycles. The Kier molecular flexibility index (Phi) is 5.56. The van der Waals surface area contributed by atoms with Crippen molar-refractivity contribution in [3.05, 3.63) is 35.6 Å². The number of carbonyl (C=O) groups is 4. The van der Waals surface area contributed by atoms with Crippen LogP contribution < -0.4 is 14.2 Å². The molecular weight excluding hydrogens is 344 g/mol. The number of hydrogen-bond donors (Lipinski definition) is 0. The lowest BCUT2D eigenvalue weighted by Gasteiger charge is -2.17. The summed E-state index contributed by atoms with van der Waals surface area (Å²) in [6.07, 6.45) is 2.10. The van der Waals surface area contributed by atoms with Crippen molar-refractivity contribution < 1.29 is 38.1 Å². The molecule has 0 bridgehead atoms. The Labute approximate surface area is 149 Å². The number of rotatable bonds is 5. The predicted molar refractivity (Wildman–Crippen MR) is 88.7 cm³/mol. The topological polar surface area (TPSA) is 105 Å². The van der Waals surface area contributed by atoms with Gasteiger partial charge in [-0.05, 0) is 6.07 Å². The van der Waals surface area contributed by atoms with E-state index in [2.05, 4.69) is 0 Å². The molecule has 0 radical (unpaired) electrons. The van der Waals surface area contributed by atoms with E-state index < -0.39 is 23.5 Å². The van der Waals surface area contributed by atoms with Gasteiger partial charge in [0.05, 0.1) is 14.2 Å². The van der Waals surface area contributed by atoms with Crippen LogP contribution in [0, 0.1) is 0 Å². The molecule has 1 aliphatic rings. The third-order valence-electron chi connectivity index (χ3n) is 3.33. The summed E-state index contributed by atoms with van der Waals surface area (Å²) in [6.45, 7) is 2.38. The second-order valence-corrected chi connectivity index (χ2v) is 5.19. The molecule has 0 atom stereocenters. The second-order valence-electron chi connectivity index (χ2n) is 5.19. The number of esters is 2. The number of benzene rings is 1. The smallest absolute Gasteiger partial charge is 0.308 e. The van der Waals surface area contributed by atoms with Crippen LogP contribution in [0.1, 0.15) is 19.4 Å². The van der Waals surface area contributed by atoms with Crippen LogP contribution in [-0.2, 0) is 23.9 Å². The first-order chi connectivity index (χ1) is 12.3. The molecule has 0 spiro atoms. The molecule has 136 valence electrons. The Morgan fingerprint density at radius 1 is 0.769 bits per heavy atom. The molecule has 2 rings (SSSR count). The van der Waals surface area contributed by atoms with Gasteiger partial charge in [-0.1, -0.05) is 0 Å². The van der Waals surface area contributed by atoms with E-state index in [4.69, 9.17) is 18.9 Å². The summed E-state index contributed by atoms with van der Waals surface area (Å²) in [6, 6.07) is 2.59. The highest BCUT2D eigenvalue weighted by molar-refractivity contribution is 6.35. The average Bonchev–Trinajstić information content (AvgIpc) is 2.56. The van der Waals surface area contributed by atoms with E-state index in [1.54, 1.807) is 0 Å². The highest BCUT2D eigenvalue weighted by atomic mass is 16.6. The van der Waals surface area contributed by atoms with Gasteiger partial charge in [-0.2, -0.15) is 0 Å². The molecule has 1 aromatic carbocycles. The second kappa shape index (κ2) is 7.64. The molecule has 0 aliphatic heterocycles. The molecule has 26 heavy (non-hydrogen) atoms. The van der Waals surface area contributed by atoms with Crippen molar-refractivity contribution >= 4 is 29.1 Å². The minimum atomic E-state index is -0.642. The first kappa shape index (κ1) is 18.9. The summed E-state index contributed by atoms with van der Waals surface area (Å²) in [5.74, 6) is -2.33. The normalized spacial score (nSPS) is 13.5. The van der Waals surface area contributed by atoms with Crippen molar-refractivity contribution in [3.8, 4) is 17.2 Å². The van der Waals surface area contributed by atoms with Crippen molar-refractivity contribution in [1.82, 2.24) is 0 Å². The Morgan fingerprint density at radius 3 is 1.92 bits per heavy atom. The van der Waals surface area contributed by atoms with Crippen molar-refractivity contribution in [1.29, 1.82) is 0 Å². The highest BCUT2D eigenvalue weighted by Crippen LogP contribution is 2.39. The van der Waals surface area contributed by atoms with Gasteiger partial charge in [0.1, 0.15) is 5.75 Å². The van der Waals surface area contributed by atoms with Crippen LogP contribution in [0.15, 0.2) is 30.0 Å². The molecule has 8 heteroatoms. The Bertz CT molecular complexity index is 860. The van der Waals surface area contributed by atoms with Crippen LogP contribution in [-0.4, -0.2) is 37.7 Å². The van der Waals surface area contributed by atoms with Crippen LogP contribution in [0.2, 0.25) is 0 Å². The Balaban J connectivity index is 2.65. The lowest BCUT2D eigenvalue weighted by atomic mass is 9.94. The van der Waals surface area contributed by atoms with Crippen molar-refractivity contribution in [3.63, 3.8) is 0 Å². The number of carbonyl (C=O) groups excluding carboxylic acids is 4. The Morgan fingerprint density at radius 2 is 1.38 bits per heavy atom. The van der Waals surface area contributed by atoms with Gasteiger partial charge in [-0.25, -0.2) is 0 Å². The summed E-state index contributed by atoms with van der Waals surface area (Å²) in [5, 5.41) is 0. The summed E-state index contributed by atoms with van der Waals surface area (Å²) < 4.78 is 20.1. The first-order valence-corrected chi connectivity index (χ1v) is 7.42. The minimum absolute atomic E-state index is 0.00793. The molecular formula is C18H16O8. The minimum Gasteiger partial charge on any atom is -0.493 e. The van der Waals surface area contributed by atoms with E-state index in [0.29, 0.717) is 0 Å². The van der Waals surface area contributed by atoms with E-state index in [-0.39, 0.29) is 34.1 Å². The lowest BCUT2D eigenvalue weighted by molar-refractivity contribution is -0.133. The van der Waals surface area contributed by atoms with Gasteiger partial charge < -0.3 is 18.9 Å². The Hall–Kier alpha value is -3.42. The SMILES string of the molecule is COC1=CC(=O)C(c2cc(OC(C)=O)c(OC)cc2OC(C)=O)=CC1=O. The maximum Gasteiger partial charge on any atom is 0.308 e. The molecule has 0 aromatic heterocycles. The number of allylic oxidation sites excluding steroid dienone is 3. The number of methoxy groups -OCH3 is 2. The standard InChI is InChI=1S/C18H16O8/c1-9(19)25-15-8-17(24-4)18(26-10(2)20)6-12(15)11-5-14(22)16(23-3)7-13(11)21/h5-8H,1-4H3. The van der Waals surface area contributed by atoms with Crippen LogP contribution in [0.3, 0.4) is 0 Å². The summed E-state index contributed by atoms with van der Waals surface area (Å²) in [5.41, 5.74) is 0.0603. The van der Waals surface area contributed by atoms with Crippen LogP contribution in [0.4, 0.5) is 0 Å². The largest absolute Gasteiger partial charge is 0.493 e. The van der Waals surface area contributed by atoms with Crippen LogP contribution in [0.5, 0.6) is 17.2 Å². The number of ether oxygens (including phenoxy) is 4. The molecule has 0 saturated heterocycles. The van der Waals surface area contributed by atoms with Crippen LogP contribution in [0.25, 0.3) is 5.57 Å².